The predicted molar refractivity (Wildman–Crippen MR) is 108 cm³/mol. The third-order valence-electron chi connectivity index (χ3n) is 5.05. The lowest BCUT2D eigenvalue weighted by Crippen LogP contribution is -2.38. The van der Waals surface area contributed by atoms with E-state index in [1.54, 1.807) is 0 Å². The van der Waals surface area contributed by atoms with Gasteiger partial charge in [0.15, 0.2) is 0 Å². The van der Waals surface area contributed by atoms with Gasteiger partial charge in [0.05, 0.1) is 12.6 Å². The molecule has 0 aromatic heterocycles. The van der Waals surface area contributed by atoms with Crippen molar-refractivity contribution in [1.29, 1.82) is 0 Å². The van der Waals surface area contributed by atoms with Crippen LogP contribution < -0.4 is 10.1 Å². The van der Waals surface area contributed by atoms with Crippen LogP contribution in [0.2, 0.25) is 0 Å². The van der Waals surface area contributed by atoms with Gasteiger partial charge in [0.1, 0.15) is 12.4 Å². The second kappa shape index (κ2) is 7.80. The fourth-order valence-electron chi connectivity index (χ4n) is 3.57. The molecule has 4 rings (SSSR count). The Bertz CT molecular complexity index is 954. The van der Waals surface area contributed by atoms with Crippen LogP contribution in [0.3, 0.4) is 0 Å². The molecular weight excluding hydrogens is 336 g/mol. The molecule has 138 valence electrons. The van der Waals surface area contributed by atoms with Gasteiger partial charge in [0.25, 0.3) is 0 Å². The van der Waals surface area contributed by atoms with Crippen LogP contribution in [-0.2, 0) is 11.3 Å². The van der Waals surface area contributed by atoms with Gasteiger partial charge in [0, 0.05) is 18.7 Å². The lowest BCUT2D eigenvalue weighted by atomic mass is 10.0. The van der Waals surface area contributed by atoms with Crippen LogP contribution >= 0.6 is 0 Å². The second-order valence-electron chi connectivity index (χ2n) is 7.06. The molecule has 0 bridgehead atoms. The van der Waals surface area contributed by atoms with Crippen LogP contribution in [0.25, 0.3) is 10.8 Å². The van der Waals surface area contributed by atoms with Crippen molar-refractivity contribution in [3.8, 4) is 5.75 Å². The van der Waals surface area contributed by atoms with Crippen LogP contribution in [0.5, 0.6) is 5.75 Å². The van der Waals surface area contributed by atoms with Gasteiger partial charge in [-0.3, -0.25) is 9.69 Å². The maximum atomic E-state index is 12.6. The van der Waals surface area contributed by atoms with Crippen LogP contribution in [-0.4, -0.2) is 30.5 Å². The van der Waals surface area contributed by atoms with E-state index in [4.69, 9.17) is 4.74 Å². The van der Waals surface area contributed by atoms with Gasteiger partial charge in [-0.05, 0) is 35.4 Å². The fraction of sp³-hybridized carbons (Fsp3) is 0.261. The van der Waals surface area contributed by atoms with Crippen molar-refractivity contribution in [2.45, 2.75) is 19.5 Å². The number of fused-ring (bicyclic) bond motifs is 2. The standard InChI is InChI=1S/C23H24N2O2/c1-17(19-11-10-18-6-2-3-7-20(18)14-19)24-23(26)16-25-12-13-27-22-9-5-4-8-21(22)15-25/h2-11,14,17H,12-13,15-16H2,1H3,(H,24,26). The van der Waals surface area contributed by atoms with Gasteiger partial charge in [0.2, 0.25) is 5.91 Å². The van der Waals surface area contributed by atoms with E-state index in [9.17, 15) is 4.79 Å². The molecule has 0 saturated heterocycles. The molecule has 0 spiro atoms. The summed E-state index contributed by atoms with van der Waals surface area (Å²) in [5, 5.41) is 5.53. The molecule has 3 aromatic carbocycles. The number of carbonyl (C=O) groups excluding carboxylic acids is 1. The summed E-state index contributed by atoms with van der Waals surface area (Å²) in [5.74, 6) is 0.958. The van der Waals surface area contributed by atoms with Crippen LogP contribution in [0.1, 0.15) is 24.1 Å². The molecule has 4 heteroatoms. The first-order valence-corrected chi connectivity index (χ1v) is 9.40. The maximum absolute atomic E-state index is 12.6. The first-order valence-electron chi connectivity index (χ1n) is 9.40. The molecule has 3 aromatic rings. The predicted octanol–water partition coefficient (Wildman–Crippen LogP) is 3.91. The fourth-order valence-corrected chi connectivity index (χ4v) is 3.57. The quantitative estimate of drug-likeness (QED) is 0.767. The highest BCUT2D eigenvalue weighted by molar-refractivity contribution is 5.83. The Hall–Kier alpha value is -2.85. The van der Waals surface area contributed by atoms with Crippen molar-refractivity contribution in [3.63, 3.8) is 0 Å². The molecule has 27 heavy (non-hydrogen) atoms. The Balaban J connectivity index is 1.39. The molecule has 1 N–H and O–H groups in total. The highest BCUT2D eigenvalue weighted by atomic mass is 16.5. The van der Waals surface area contributed by atoms with Crippen LogP contribution in [0, 0.1) is 0 Å². The Labute approximate surface area is 159 Å². The summed E-state index contributed by atoms with van der Waals surface area (Å²) in [5.41, 5.74) is 2.25. The Morgan fingerprint density at radius 1 is 1.07 bits per heavy atom. The minimum absolute atomic E-state index is 0.0300. The zero-order valence-electron chi connectivity index (χ0n) is 15.5. The molecule has 1 amide bonds. The minimum atomic E-state index is -0.0300. The summed E-state index contributed by atoms with van der Waals surface area (Å²) < 4.78 is 5.78. The molecule has 0 aliphatic carbocycles. The summed E-state index contributed by atoms with van der Waals surface area (Å²) in [4.78, 5) is 14.7. The summed E-state index contributed by atoms with van der Waals surface area (Å²) in [6.45, 7) is 4.48. The highest BCUT2D eigenvalue weighted by Gasteiger charge is 2.18. The molecule has 0 fully saturated rings. The van der Waals surface area contributed by atoms with Gasteiger partial charge in [-0.25, -0.2) is 0 Å². The number of hydrogen-bond acceptors (Lipinski definition) is 3. The van der Waals surface area contributed by atoms with Gasteiger partial charge < -0.3 is 10.1 Å². The summed E-state index contributed by atoms with van der Waals surface area (Å²) >= 11 is 0. The van der Waals surface area contributed by atoms with Crippen molar-refractivity contribution in [3.05, 3.63) is 77.9 Å². The number of nitrogens with one attached hydrogen (secondary N) is 1. The number of ether oxygens (including phenoxy) is 1. The smallest absolute Gasteiger partial charge is 0.234 e. The molecule has 1 atom stereocenters. The zero-order chi connectivity index (χ0) is 18.6. The molecular formula is C23H24N2O2. The number of benzene rings is 3. The van der Waals surface area contributed by atoms with Gasteiger partial charge in [-0.15, -0.1) is 0 Å². The number of rotatable bonds is 4. The first-order chi connectivity index (χ1) is 13.2. The van der Waals surface area contributed by atoms with E-state index in [0.717, 1.165) is 30.0 Å². The summed E-state index contributed by atoms with van der Waals surface area (Å²) in [6, 6.07) is 22.6. The van der Waals surface area contributed by atoms with Crippen molar-refractivity contribution >= 4 is 16.7 Å². The highest BCUT2D eigenvalue weighted by Crippen LogP contribution is 2.23. The van der Waals surface area contributed by atoms with Gasteiger partial charge in [-0.2, -0.15) is 0 Å². The van der Waals surface area contributed by atoms with E-state index in [-0.39, 0.29) is 11.9 Å². The Morgan fingerprint density at radius 2 is 1.85 bits per heavy atom. The summed E-state index contributed by atoms with van der Waals surface area (Å²) in [6.07, 6.45) is 0. The van der Waals surface area contributed by atoms with Crippen molar-refractivity contribution in [2.24, 2.45) is 0 Å². The molecule has 0 radical (unpaired) electrons. The molecule has 1 aliphatic rings. The minimum Gasteiger partial charge on any atom is -0.492 e. The topological polar surface area (TPSA) is 41.6 Å². The van der Waals surface area contributed by atoms with E-state index in [0.29, 0.717) is 13.2 Å². The van der Waals surface area contributed by atoms with E-state index in [2.05, 4.69) is 46.6 Å². The monoisotopic (exact) mass is 360 g/mol. The van der Waals surface area contributed by atoms with E-state index in [1.165, 1.54) is 10.8 Å². The van der Waals surface area contributed by atoms with E-state index >= 15 is 0 Å². The molecule has 1 aliphatic heterocycles. The average molecular weight is 360 g/mol. The SMILES string of the molecule is CC(NC(=O)CN1CCOc2ccccc2C1)c1ccc2ccccc2c1. The number of nitrogens with zero attached hydrogens (tertiary/aromatic N) is 1. The third-order valence-corrected chi connectivity index (χ3v) is 5.05. The van der Waals surface area contributed by atoms with Crippen LogP contribution in [0.4, 0.5) is 0 Å². The van der Waals surface area contributed by atoms with E-state index in [1.807, 2.05) is 37.3 Å². The molecule has 1 unspecified atom stereocenters. The van der Waals surface area contributed by atoms with E-state index < -0.39 is 0 Å². The van der Waals surface area contributed by atoms with Gasteiger partial charge in [-0.1, -0.05) is 54.6 Å². The lowest BCUT2D eigenvalue weighted by Gasteiger charge is -2.21. The zero-order valence-corrected chi connectivity index (χ0v) is 15.5. The number of hydrogen-bond donors (Lipinski definition) is 1. The maximum Gasteiger partial charge on any atom is 0.234 e. The van der Waals surface area contributed by atoms with Crippen molar-refractivity contribution in [2.75, 3.05) is 19.7 Å². The lowest BCUT2D eigenvalue weighted by molar-refractivity contribution is -0.123. The largest absolute Gasteiger partial charge is 0.492 e. The second-order valence-corrected chi connectivity index (χ2v) is 7.06. The normalized spacial score (nSPS) is 15.4. The van der Waals surface area contributed by atoms with Crippen LogP contribution in [0.15, 0.2) is 66.7 Å². The third kappa shape index (κ3) is 4.12. The van der Waals surface area contributed by atoms with Gasteiger partial charge >= 0.3 is 0 Å². The van der Waals surface area contributed by atoms with Crippen molar-refractivity contribution in [1.82, 2.24) is 10.2 Å². The Kier molecular flexibility index (Phi) is 5.07. The first kappa shape index (κ1) is 17.6. The average Bonchev–Trinajstić information content (AvgIpc) is 2.89. The molecule has 1 heterocycles. The van der Waals surface area contributed by atoms with Crippen molar-refractivity contribution < 1.29 is 9.53 Å². The number of para-hydroxylation sites is 1. The molecule has 0 saturated carbocycles. The Morgan fingerprint density at radius 3 is 2.74 bits per heavy atom. The molecule has 4 nitrogen and oxygen atoms in total. The number of carbonyl (C=O) groups is 1. The number of amides is 1. The summed E-state index contributed by atoms with van der Waals surface area (Å²) in [7, 11) is 0.